The molecular weight excluding hydrogens is 418 g/mol. The average Bonchev–Trinajstić information content (AvgIpc) is 3.42. The van der Waals surface area contributed by atoms with Gasteiger partial charge in [0.25, 0.3) is 5.91 Å². The second-order valence-electron chi connectivity index (χ2n) is 7.12. The lowest BCUT2D eigenvalue weighted by molar-refractivity contribution is 0.0692. The topological polar surface area (TPSA) is 101 Å². The third kappa shape index (κ3) is 4.61. The molecule has 31 heavy (non-hydrogen) atoms. The Morgan fingerprint density at radius 1 is 1.16 bits per heavy atom. The zero-order valence-corrected chi connectivity index (χ0v) is 17.8. The van der Waals surface area contributed by atoms with E-state index in [1.165, 1.54) is 5.01 Å². The van der Waals surface area contributed by atoms with E-state index in [2.05, 4.69) is 9.82 Å². The van der Waals surface area contributed by atoms with Crippen LogP contribution in [0, 0.1) is 0 Å². The van der Waals surface area contributed by atoms with Gasteiger partial charge in [-0.1, -0.05) is 18.2 Å². The van der Waals surface area contributed by atoms with E-state index in [1.54, 1.807) is 68.0 Å². The smallest absolute Gasteiger partial charge is 0.274 e. The maximum Gasteiger partial charge on any atom is 0.274 e. The number of sulfonamides is 1. The molecule has 0 spiro atoms. The number of hydrazone groups is 1. The molecule has 4 rings (SSSR count). The molecule has 1 amide bonds. The number of benzene rings is 2. The number of carbonyl (C=O) groups excluding carboxylic acids is 1. The van der Waals surface area contributed by atoms with E-state index >= 15 is 0 Å². The largest absolute Gasteiger partial charge is 0.497 e. The first-order valence-corrected chi connectivity index (χ1v) is 11.4. The fourth-order valence-electron chi connectivity index (χ4n) is 3.41. The second-order valence-corrected chi connectivity index (χ2v) is 8.86. The van der Waals surface area contributed by atoms with Crippen LogP contribution in [-0.2, 0) is 10.0 Å². The summed E-state index contributed by atoms with van der Waals surface area (Å²) in [4.78, 5) is 13.3. The molecule has 1 aromatic heterocycles. The van der Waals surface area contributed by atoms with Crippen LogP contribution in [0.3, 0.4) is 0 Å². The van der Waals surface area contributed by atoms with Crippen LogP contribution in [0.4, 0.5) is 5.69 Å². The first kappa shape index (κ1) is 20.7. The molecule has 0 fully saturated rings. The van der Waals surface area contributed by atoms with Crippen LogP contribution in [0.15, 0.2) is 76.4 Å². The molecule has 8 nitrogen and oxygen atoms in total. The van der Waals surface area contributed by atoms with E-state index in [9.17, 15) is 13.2 Å². The molecule has 1 aliphatic rings. The van der Waals surface area contributed by atoms with Crippen molar-refractivity contribution in [3.8, 4) is 5.75 Å². The highest BCUT2D eigenvalue weighted by atomic mass is 32.2. The molecule has 1 N–H and O–H groups in total. The molecule has 0 saturated carbocycles. The van der Waals surface area contributed by atoms with Crippen LogP contribution < -0.4 is 9.46 Å². The molecule has 160 valence electrons. The summed E-state index contributed by atoms with van der Waals surface area (Å²) in [5.41, 5.74) is 2.39. The van der Waals surface area contributed by atoms with Crippen molar-refractivity contribution < 1.29 is 22.4 Å². The standard InChI is InChI=1S/C22H21N3O5S/c1-29-18-6-3-5-16(13-18)22(26)25-20(21-7-4-12-30-21)14-19(23-25)15-8-10-17(11-9-15)24-31(2,27)28/h3-13,20,24H,14H2,1-2H3/t20-/m0/s1. The lowest BCUT2D eigenvalue weighted by Crippen LogP contribution is -2.26. The molecule has 2 heterocycles. The minimum atomic E-state index is -3.36. The first-order valence-electron chi connectivity index (χ1n) is 9.51. The Balaban J connectivity index is 1.65. The number of furan rings is 1. The monoisotopic (exact) mass is 439 g/mol. The number of methoxy groups -OCH3 is 1. The van der Waals surface area contributed by atoms with Crippen molar-refractivity contribution in [2.24, 2.45) is 5.10 Å². The Morgan fingerprint density at radius 3 is 2.58 bits per heavy atom. The number of nitrogens with zero attached hydrogens (tertiary/aromatic N) is 2. The number of hydrogen-bond donors (Lipinski definition) is 1. The van der Waals surface area contributed by atoms with Gasteiger partial charge in [0, 0.05) is 17.7 Å². The molecule has 0 bridgehead atoms. The first-order chi connectivity index (χ1) is 14.8. The summed E-state index contributed by atoms with van der Waals surface area (Å²) in [7, 11) is -1.81. The van der Waals surface area contributed by atoms with Crippen molar-refractivity contribution in [1.82, 2.24) is 5.01 Å². The molecule has 1 atom stereocenters. The summed E-state index contributed by atoms with van der Waals surface area (Å²) in [5, 5.41) is 6.01. The molecule has 0 radical (unpaired) electrons. The van der Waals surface area contributed by atoms with Gasteiger partial charge in [-0.25, -0.2) is 13.4 Å². The summed E-state index contributed by atoms with van der Waals surface area (Å²) < 4.78 is 36.1. The van der Waals surface area contributed by atoms with Crippen LogP contribution in [0.5, 0.6) is 5.75 Å². The van der Waals surface area contributed by atoms with E-state index in [1.807, 2.05) is 6.07 Å². The molecule has 0 aliphatic carbocycles. The Kier molecular flexibility index (Phi) is 5.51. The number of ether oxygens (including phenoxy) is 1. The highest BCUT2D eigenvalue weighted by Gasteiger charge is 2.35. The van der Waals surface area contributed by atoms with Gasteiger partial charge in [0.2, 0.25) is 10.0 Å². The van der Waals surface area contributed by atoms with Crippen molar-refractivity contribution in [3.05, 3.63) is 83.8 Å². The third-order valence-corrected chi connectivity index (χ3v) is 5.43. The number of amides is 1. The number of nitrogens with one attached hydrogen (secondary N) is 1. The molecule has 1 aliphatic heterocycles. The van der Waals surface area contributed by atoms with Crippen molar-refractivity contribution in [3.63, 3.8) is 0 Å². The Hall–Kier alpha value is -3.59. The van der Waals surface area contributed by atoms with Crippen LogP contribution >= 0.6 is 0 Å². The fraction of sp³-hybridized carbons (Fsp3) is 0.182. The molecule has 2 aromatic carbocycles. The van der Waals surface area contributed by atoms with Crippen molar-refractivity contribution in [2.75, 3.05) is 18.1 Å². The van der Waals surface area contributed by atoms with Crippen molar-refractivity contribution in [1.29, 1.82) is 0 Å². The summed E-state index contributed by atoms with van der Waals surface area (Å²) in [6.45, 7) is 0. The molecular formula is C22H21N3O5S. The molecule has 0 unspecified atom stereocenters. The van der Waals surface area contributed by atoms with E-state index in [0.717, 1.165) is 11.8 Å². The SMILES string of the molecule is COc1cccc(C(=O)N2N=C(c3ccc(NS(C)(=O)=O)cc3)C[C@H]2c2ccco2)c1. The van der Waals surface area contributed by atoms with Gasteiger partial charge in [0.05, 0.1) is 25.3 Å². The minimum absolute atomic E-state index is 0.273. The highest BCUT2D eigenvalue weighted by Crippen LogP contribution is 2.34. The van der Waals surface area contributed by atoms with Crippen molar-refractivity contribution >= 4 is 27.3 Å². The van der Waals surface area contributed by atoms with Gasteiger partial charge < -0.3 is 9.15 Å². The van der Waals surface area contributed by atoms with Gasteiger partial charge in [-0.15, -0.1) is 0 Å². The summed E-state index contributed by atoms with van der Waals surface area (Å²) in [6, 6.07) is 17.0. The Labute approximate surface area is 180 Å². The van der Waals surface area contributed by atoms with Crippen LogP contribution in [-0.4, -0.2) is 38.4 Å². The van der Waals surface area contributed by atoms with E-state index in [0.29, 0.717) is 34.9 Å². The Bertz CT molecular complexity index is 1220. The molecule has 0 saturated heterocycles. The van der Waals surface area contributed by atoms with Gasteiger partial charge in [-0.3, -0.25) is 9.52 Å². The third-order valence-electron chi connectivity index (χ3n) is 4.83. The predicted octanol–water partition coefficient (Wildman–Crippen LogP) is 3.65. The zero-order valence-electron chi connectivity index (χ0n) is 17.0. The van der Waals surface area contributed by atoms with Gasteiger partial charge in [0.1, 0.15) is 17.6 Å². The van der Waals surface area contributed by atoms with Gasteiger partial charge in [0.15, 0.2) is 0 Å². The maximum absolute atomic E-state index is 13.3. The number of anilines is 1. The molecule has 9 heteroatoms. The average molecular weight is 439 g/mol. The summed E-state index contributed by atoms with van der Waals surface area (Å²) >= 11 is 0. The number of rotatable bonds is 6. The van der Waals surface area contributed by atoms with Crippen LogP contribution in [0.1, 0.15) is 34.1 Å². The van der Waals surface area contributed by atoms with Crippen LogP contribution in [0.25, 0.3) is 0 Å². The fourth-order valence-corrected chi connectivity index (χ4v) is 3.97. The lowest BCUT2D eigenvalue weighted by Gasteiger charge is -2.20. The maximum atomic E-state index is 13.3. The number of hydrogen-bond acceptors (Lipinski definition) is 6. The Morgan fingerprint density at radius 2 is 1.94 bits per heavy atom. The zero-order chi connectivity index (χ0) is 22.0. The lowest BCUT2D eigenvalue weighted by atomic mass is 10.0. The quantitative estimate of drug-likeness (QED) is 0.632. The van der Waals surface area contributed by atoms with E-state index in [4.69, 9.17) is 9.15 Å². The molecule has 3 aromatic rings. The summed E-state index contributed by atoms with van der Waals surface area (Å²) in [6.07, 6.45) is 3.12. The van der Waals surface area contributed by atoms with Gasteiger partial charge in [-0.2, -0.15) is 5.10 Å². The number of carbonyl (C=O) groups is 1. The normalized spacial score (nSPS) is 16.1. The van der Waals surface area contributed by atoms with Gasteiger partial charge in [-0.05, 0) is 48.0 Å². The summed E-state index contributed by atoms with van der Waals surface area (Å²) in [5.74, 6) is 0.939. The predicted molar refractivity (Wildman–Crippen MR) is 117 cm³/mol. The highest BCUT2D eigenvalue weighted by molar-refractivity contribution is 7.92. The van der Waals surface area contributed by atoms with Gasteiger partial charge >= 0.3 is 0 Å². The minimum Gasteiger partial charge on any atom is -0.497 e. The van der Waals surface area contributed by atoms with Crippen molar-refractivity contribution in [2.45, 2.75) is 12.5 Å². The second kappa shape index (κ2) is 8.27. The van der Waals surface area contributed by atoms with E-state index < -0.39 is 16.1 Å². The van der Waals surface area contributed by atoms with E-state index in [-0.39, 0.29) is 5.91 Å². The van der Waals surface area contributed by atoms with Crippen LogP contribution in [0.2, 0.25) is 0 Å².